The Labute approximate surface area is 383 Å². The standard InChI is InChI=1S/C29H24ClN3O2S.C21H16ClN3OS/c1-19-6-5-9-25(30)27(19)33(18-20-10-14-24(35-2)15-11-20)28(34)26-17-31-29(36-26)32-23-13-12-21-7-3-4-8-22(21)16-23;1-13-5-4-8-17(22)19(13)25-20(26)18-12-23-21(27-18)24-16-10-9-14-6-2-3-7-15(14)11-16/h3-17H,18H2,1-2H3,(H,31,32);2-12H,1H3,(H,23,24)(H,25,26). The third-order valence-electron chi connectivity index (χ3n) is 10.1. The molecule has 0 unspecified atom stereocenters. The zero-order valence-electron chi connectivity index (χ0n) is 34.4. The van der Waals surface area contributed by atoms with Crippen molar-refractivity contribution in [3.05, 3.63) is 194 Å². The molecule has 2 aromatic heterocycles. The number of thiazole rings is 2. The number of carbonyl (C=O) groups excluding carboxylic acids is 2. The summed E-state index contributed by atoms with van der Waals surface area (Å²) in [6, 6.07) is 47.4. The van der Waals surface area contributed by atoms with Crippen molar-refractivity contribution in [1.82, 2.24) is 9.97 Å². The number of aryl methyl sites for hydroxylation is 2. The molecule has 0 spiro atoms. The SMILES string of the molecule is COc1ccc(CN(C(=O)c2cnc(Nc3ccc4ccccc4c3)s2)c2c(C)cccc2Cl)cc1.Cc1cccc(Cl)c1NC(=O)c1cnc(Nc2ccc3ccccc3c2)s1. The molecule has 0 saturated heterocycles. The number of hydrogen-bond acceptors (Lipinski definition) is 9. The van der Waals surface area contributed by atoms with Crippen molar-refractivity contribution in [2.24, 2.45) is 0 Å². The number of halogens is 2. The zero-order valence-corrected chi connectivity index (χ0v) is 37.5. The summed E-state index contributed by atoms with van der Waals surface area (Å²) in [5, 5.41) is 16.4. The van der Waals surface area contributed by atoms with Crippen molar-refractivity contribution in [3.8, 4) is 5.75 Å². The smallest absolute Gasteiger partial charge is 0.270 e. The third kappa shape index (κ3) is 10.3. The van der Waals surface area contributed by atoms with E-state index in [9.17, 15) is 9.59 Å². The van der Waals surface area contributed by atoms with E-state index >= 15 is 0 Å². The summed E-state index contributed by atoms with van der Waals surface area (Å²) >= 11 is 15.4. The van der Waals surface area contributed by atoms with E-state index in [1.54, 1.807) is 36.5 Å². The monoisotopic (exact) mass is 906 g/mol. The lowest BCUT2D eigenvalue weighted by Gasteiger charge is -2.25. The molecule has 9 aromatic rings. The predicted octanol–water partition coefficient (Wildman–Crippen LogP) is 14.1. The van der Waals surface area contributed by atoms with Crippen molar-refractivity contribution in [2.75, 3.05) is 28.0 Å². The van der Waals surface area contributed by atoms with Crippen LogP contribution in [0.5, 0.6) is 5.75 Å². The summed E-state index contributed by atoms with van der Waals surface area (Å²) in [7, 11) is 1.63. The molecule has 0 fully saturated rings. The van der Waals surface area contributed by atoms with Gasteiger partial charge in [-0.25, -0.2) is 9.97 Å². The Kier molecular flexibility index (Phi) is 13.3. The molecule has 0 aliphatic heterocycles. The van der Waals surface area contributed by atoms with Crippen LogP contribution in [0.2, 0.25) is 10.0 Å². The molecule has 9 rings (SSSR count). The van der Waals surface area contributed by atoms with Crippen LogP contribution in [-0.4, -0.2) is 28.9 Å². The second-order valence-corrected chi connectivity index (χ2v) is 17.3. The first-order chi connectivity index (χ1) is 30.6. The van der Waals surface area contributed by atoms with E-state index in [4.69, 9.17) is 27.9 Å². The molecule has 0 atom stereocenters. The quantitative estimate of drug-likeness (QED) is 0.119. The fourth-order valence-corrected chi connectivity index (χ4v) is 8.99. The number of amides is 2. The number of nitrogens with zero attached hydrogens (tertiary/aromatic N) is 3. The van der Waals surface area contributed by atoms with Gasteiger partial charge in [-0.15, -0.1) is 0 Å². The second-order valence-electron chi connectivity index (χ2n) is 14.5. The minimum Gasteiger partial charge on any atom is -0.497 e. The highest BCUT2D eigenvalue weighted by atomic mass is 35.5. The highest BCUT2D eigenvalue weighted by Gasteiger charge is 2.24. The molecular formula is C50H40Cl2N6O3S2. The summed E-state index contributed by atoms with van der Waals surface area (Å²) < 4.78 is 5.27. The highest BCUT2D eigenvalue weighted by Crippen LogP contribution is 2.35. The minimum absolute atomic E-state index is 0.161. The van der Waals surface area contributed by atoms with Gasteiger partial charge in [0, 0.05) is 11.4 Å². The Bertz CT molecular complexity index is 3040. The number of aromatic nitrogens is 2. The Morgan fingerprint density at radius 1 is 0.619 bits per heavy atom. The maximum atomic E-state index is 13.8. The Morgan fingerprint density at radius 2 is 1.16 bits per heavy atom. The largest absolute Gasteiger partial charge is 0.497 e. The fraction of sp³-hybridized carbons (Fsp3) is 0.0800. The fourth-order valence-electron chi connectivity index (χ4n) is 6.88. The summed E-state index contributed by atoms with van der Waals surface area (Å²) in [4.78, 5) is 37.9. The lowest BCUT2D eigenvalue weighted by molar-refractivity contribution is 0.0987. The van der Waals surface area contributed by atoms with Gasteiger partial charge >= 0.3 is 0 Å². The van der Waals surface area contributed by atoms with E-state index in [-0.39, 0.29) is 11.8 Å². The summed E-state index contributed by atoms with van der Waals surface area (Å²) in [5.41, 5.74) is 5.95. The molecule has 2 heterocycles. The number of rotatable bonds is 11. The van der Waals surface area contributed by atoms with E-state index < -0.39 is 0 Å². The average molecular weight is 908 g/mol. The molecule has 2 amide bonds. The van der Waals surface area contributed by atoms with E-state index in [0.29, 0.717) is 48.0 Å². The van der Waals surface area contributed by atoms with E-state index in [0.717, 1.165) is 44.6 Å². The van der Waals surface area contributed by atoms with E-state index in [2.05, 4.69) is 74.4 Å². The topological polar surface area (TPSA) is 108 Å². The van der Waals surface area contributed by atoms with Gasteiger partial charge in [0.2, 0.25) is 0 Å². The van der Waals surface area contributed by atoms with Crippen LogP contribution in [0.25, 0.3) is 21.5 Å². The van der Waals surface area contributed by atoms with Crippen molar-refractivity contribution in [3.63, 3.8) is 0 Å². The highest BCUT2D eigenvalue weighted by molar-refractivity contribution is 7.18. The first kappa shape index (κ1) is 42.9. The van der Waals surface area contributed by atoms with Crippen molar-refractivity contribution >= 4 is 112 Å². The number of benzene rings is 7. The van der Waals surface area contributed by atoms with E-state index in [1.165, 1.54) is 33.4 Å². The third-order valence-corrected chi connectivity index (χ3v) is 12.5. The number of hydrogen-bond donors (Lipinski definition) is 3. The van der Waals surface area contributed by atoms with Crippen LogP contribution in [0.15, 0.2) is 158 Å². The number of ether oxygens (including phenoxy) is 1. The van der Waals surface area contributed by atoms with Crippen LogP contribution < -0.4 is 25.6 Å². The van der Waals surface area contributed by atoms with Crippen LogP contribution in [0.4, 0.5) is 33.0 Å². The summed E-state index contributed by atoms with van der Waals surface area (Å²) in [5.74, 6) is 0.374. The number of fused-ring (bicyclic) bond motifs is 2. The number of carbonyl (C=O) groups is 2. The average Bonchev–Trinajstić information content (AvgIpc) is 3.97. The van der Waals surface area contributed by atoms with Crippen LogP contribution in [0.1, 0.15) is 36.0 Å². The van der Waals surface area contributed by atoms with Gasteiger partial charge in [0.25, 0.3) is 11.8 Å². The Hall–Kier alpha value is -6.76. The van der Waals surface area contributed by atoms with Gasteiger partial charge in [-0.05, 0) is 101 Å². The molecular weight excluding hydrogens is 868 g/mol. The van der Waals surface area contributed by atoms with Gasteiger partial charge < -0.3 is 25.6 Å². The number of methoxy groups -OCH3 is 1. The predicted molar refractivity (Wildman–Crippen MR) is 263 cm³/mol. The molecule has 0 saturated carbocycles. The summed E-state index contributed by atoms with van der Waals surface area (Å²) in [6.07, 6.45) is 3.18. The van der Waals surface area contributed by atoms with Gasteiger partial charge in [-0.1, -0.05) is 143 Å². The molecule has 0 aliphatic rings. The number of para-hydroxylation sites is 2. The maximum Gasteiger partial charge on any atom is 0.270 e. The van der Waals surface area contributed by atoms with Crippen LogP contribution >= 0.6 is 45.9 Å². The first-order valence-electron chi connectivity index (χ1n) is 19.8. The molecule has 0 aliphatic carbocycles. The summed E-state index contributed by atoms with van der Waals surface area (Å²) in [6.45, 7) is 4.22. The minimum atomic E-state index is -0.227. The Morgan fingerprint density at radius 3 is 1.73 bits per heavy atom. The number of anilines is 6. The van der Waals surface area contributed by atoms with Crippen molar-refractivity contribution < 1.29 is 14.3 Å². The van der Waals surface area contributed by atoms with Crippen molar-refractivity contribution in [2.45, 2.75) is 20.4 Å². The van der Waals surface area contributed by atoms with E-state index in [1.807, 2.05) is 98.8 Å². The van der Waals surface area contributed by atoms with Gasteiger partial charge in [0.1, 0.15) is 15.5 Å². The molecule has 0 radical (unpaired) electrons. The molecule has 9 nitrogen and oxygen atoms in total. The second kappa shape index (κ2) is 19.5. The van der Waals surface area contributed by atoms with Crippen LogP contribution in [0.3, 0.4) is 0 Å². The zero-order chi connectivity index (χ0) is 43.9. The normalized spacial score (nSPS) is 10.8. The molecule has 7 aromatic carbocycles. The van der Waals surface area contributed by atoms with Gasteiger partial charge in [0.05, 0.1) is 47.5 Å². The Balaban J connectivity index is 0.000000180. The van der Waals surface area contributed by atoms with Gasteiger partial charge in [-0.3, -0.25) is 9.59 Å². The molecule has 314 valence electrons. The van der Waals surface area contributed by atoms with Crippen molar-refractivity contribution in [1.29, 1.82) is 0 Å². The van der Waals surface area contributed by atoms with Gasteiger partial charge in [-0.2, -0.15) is 0 Å². The first-order valence-corrected chi connectivity index (χ1v) is 22.2. The lowest BCUT2D eigenvalue weighted by atomic mass is 10.1. The molecule has 13 heteroatoms. The molecule has 63 heavy (non-hydrogen) atoms. The maximum absolute atomic E-state index is 13.8. The van der Waals surface area contributed by atoms with Crippen LogP contribution in [-0.2, 0) is 6.54 Å². The van der Waals surface area contributed by atoms with Gasteiger partial charge in [0.15, 0.2) is 10.3 Å². The molecule has 3 N–H and O–H groups in total. The molecule has 0 bridgehead atoms. The number of nitrogens with one attached hydrogen (secondary N) is 3. The van der Waals surface area contributed by atoms with Crippen LogP contribution in [0, 0.1) is 13.8 Å². The lowest BCUT2D eigenvalue weighted by Crippen LogP contribution is -2.30.